The van der Waals surface area contributed by atoms with Gasteiger partial charge in [0.2, 0.25) is 0 Å². The highest BCUT2D eigenvalue weighted by atomic mass is 32.2. The number of hydrogen-bond acceptors (Lipinski definition) is 5. The number of carbonyl (C=O) groups excluding carboxylic acids is 1. The van der Waals surface area contributed by atoms with Crippen molar-refractivity contribution in [3.05, 3.63) is 71.4 Å². The third kappa shape index (κ3) is 5.02. The highest BCUT2D eigenvalue weighted by Crippen LogP contribution is 2.30. The molecule has 1 atom stereocenters. The summed E-state index contributed by atoms with van der Waals surface area (Å²) in [4.78, 5) is 12.8. The van der Waals surface area contributed by atoms with Crippen molar-refractivity contribution < 1.29 is 17.9 Å². The SMILES string of the molecule is COc1ccc(CCNC(=O)c2cc(-c3ccc(C)cc3)n([C@H]3CCS(=O)(=O)C3)n2)cc1. The number of aromatic nitrogens is 2. The first-order valence-corrected chi connectivity index (χ1v) is 12.4. The maximum atomic E-state index is 12.8. The van der Waals surface area contributed by atoms with Crippen molar-refractivity contribution in [2.24, 2.45) is 0 Å². The molecule has 1 aliphatic heterocycles. The molecule has 1 amide bonds. The fourth-order valence-corrected chi connectivity index (χ4v) is 5.59. The quantitative estimate of drug-likeness (QED) is 0.593. The number of hydrogen-bond donors (Lipinski definition) is 1. The van der Waals surface area contributed by atoms with Gasteiger partial charge in [-0.3, -0.25) is 9.48 Å². The highest BCUT2D eigenvalue weighted by molar-refractivity contribution is 7.91. The first-order chi connectivity index (χ1) is 15.3. The van der Waals surface area contributed by atoms with Gasteiger partial charge in [0.15, 0.2) is 15.5 Å². The molecule has 1 aromatic heterocycles. The topological polar surface area (TPSA) is 90.3 Å². The van der Waals surface area contributed by atoms with E-state index >= 15 is 0 Å². The molecule has 1 fully saturated rings. The van der Waals surface area contributed by atoms with E-state index in [1.807, 2.05) is 55.5 Å². The van der Waals surface area contributed by atoms with E-state index < -0.39 is 9.84 Å². The number of ether oxygens (including phenoxy) is 1. The van der Waals surface area contributed by atoms with E-state index in [4.69, 9.17) is 4.74 Å². The van der Waals surface area contributed by atoms with Crippen molar-refractivity contribution in [1.29, 1.82) is 0 Å². The Morgan fingerprint density at radius 1 is 1.16 bits per heavy atom. The van der Waals surface area contributed by atoms with Crippen molar-refractivity contribution in [1.82, 2.24) is 15.1 Å². The van der Waals surface area contributed by atoms with Gasteiger partial charge in [-0.15, -0.1) is 0 Å². The van der Waals surface area contributed by atoms with E-state index in [2.05, 4.69) is 10.4 Å². The minimum Gasteiger partial charge on any atom is -0.497 e. The third-order valence-electron chi connectivity index (χ3n) is 5.73. The first kappa shape index (κ1) is 22.1. The minimum absolute atomic E-state index is 0.0477. The number of nitrogens with zero attached hydrogens (tertiary/aromatic N) is 2. The lowest BCUT2D eigenvalue weighted by Crippen LogP contribution is -2.26. The normalized spacial score (nSPS) is 17.2. The lowest BCUT2D eigenvalue weighted by atomic mass is 10.1. The number of amides is 1. The Balaban J connectivity index is 1.52. The Bertz CT molecular complexity index is 1200. The average molecular weight is 454 g/mol. The molecule has 7 nitrogen and oxygen atoms in total. The molecule has 1 aliphatic rings. The van der Waals surface area contributed by atoms with Crippen LogP contribution < -0.4 is 10.1 Å². The Kier molecular flexibility index (Phi) is 6.32. The molecular formula is C24H27N3O4S. The van der Waals surface area contributed by atoms with Crippen LogP contribution in [0, 0.1) is 6.92 Å². The number of aryl methyl sites for hydroxylation is 1. The van der Waals surface area contributed by atoms with Crippen molar-refractivity contribution in [2.75, 3.05) is 25.2 Å². The molecule has 8 heteroatoms. The monoisotopic (exact) mass is 453 g/mol. The van der Waals surface area contributed by atoms with Crippen molar-refractivity contribution in [2.45, 2.75) is 25.8 Å². The van der Waals surface area contributed by atoms with E-state index in [0.29, 0.717) is 25.1 Å². The molecule has 0 saturated carbocycles. The highest BCUT2D eigenvalue weighted by Gasteiger charge is 2.32. The molecule has 4 rings (SSSR count). The number of nitrogens with one attached hydrogen (secondary N) is 1. The van der Waals surface area contributed by atoms with Crippen LogP contribution in [0.3, 0.4) is 0 Å². The summed E-state index contributed by atoms with van der Waals surface area (Å²) >= 11 is 0. The van der Waals surface area contributed by atoms with Gasteiger partial charge >= 0.3 is 0 Å². The van der Waals surface area contributed by atoms with Crippen LogP contribution in [-0.4, -0.2) is 49.3 Å². The van der Waals surface area contributed by atoms with Crippen LogP contribution in [0.25, 0.3) is 11.3 Å². The van der Waals surface area contributed by atoms with Crippen molar-refractivity contribution in [3.8, 4) is 17.0 Å². The van der Waals surface area contributed by atoms with E-state index in [9.17, 15) is 13.2 Å². The lowest BCUT2D eigenvalue weighted by molar-refractivity contribution is 0.0948. The van der Waals surface area contributed by atoms with Gasteiger partial charge in [-0.1, -0.05) is 42.0 Å². The zero-order valence-corrected chi connectivity index (χ0v) is 19.1. The summed E-state index contributed by atoms with van der Waals surface area (Å²) in [6.07, 6.45) is 1.18. The van der Waals surface area contributed by atoms with Crippen LogP contribution in [0.5, 0.6) is 5.75 Å². The number of benzene rings is 2. The maximum absolute atomic E-state index is 12.8. The van der Waals surface area contributed by atoms with E-state index in [1.165, 1.54) is 0 Å². The Morgan fingerprint density at radius 2 is 1.88 bits per heavy atom. The molecule has 0 radical (unpaired) electrons. The van der Waals surface area contributed by atoms with Crippen LogP contribution in [0.4, 0.5) is 0 Å². The third-order valence-corrected chi connectivity index (χ3v) is 7.48. The summed E-state index contributed by atoms with van der Waals surface area (Å²) < 4.78 is 31.0. The van der Waals surface area contributed by atoms with Gasteiger partial charge in [-0.2, -0.15) is 5.10 Å². The summed E-state index contributed by atoms with van der Waals surface area (Å²) in [6, 6.07) is 17.1. The van der Waals surface area contributed by atoms with Crippen LogP contribution >= 0.6 is 0 Å². The van der Waals surface area contributed by atoms with Gasteiger partial charge in [0, 0.05) is 6.54 Å². The molecular weight excluding hydrogens is 426 g/mol. The van der Waals surface area contributed by atoms with Crippen molar-refractivity contribution >= 4 is 15.7 Å². The molecule has 1 saturated heterocycles. The molecule has 0 spiro atoms. The molecule has 2 aromatic carbocycles. The second-order valence-corrected chi connectivity index (χ2v) is 10.4. The molecule has 1 N–H and O–H groups in total. The van der Waals surface area contributed by atoms with E-state index in [1.54, 1.807) is 17.9 Å². The summed E-state index contributed by atoms with van der Waals surface area (Å²) in [5.74, 6) is 0.715. The van der Waals surface area contributed by atoms with Crippen LogP contribution in [0.15, 0.2) is 54.6 Å². The number of rotatable bonds is 7. The van der Waals surface area contributed by atoms with Gasteiger partial charge in [0.25, 0.3) is 5.91 Å². The van der Waals surface area contributed by atoms with Gasteiger partial charge in [0.05, 0.1) is 30.4 Å². The average Bonchev–Trinajstić information content (AvgIpc) is 3.38. The fourth-order valence-electron chi connectivity index (χ4n) is 3.90. The van der Waals surface area contributed by atoms with Gasteiger partial charge in [-0.25, -0.2) is 8.42 Å². The van der Waals surface area contributed by atoms with E-state index in [0.717, 1.165) is 28.1 Å². The Labute approximate surface area is 188 Å². The lowest BCUT2D eigenvalue weighted by Gasteiger charge is -2.13. The number of sulfone groups is 1. The molecule has 0 bridgehead atoms. The molecule has 168 valence electrons. The largest absolute Gasteiger partial charge is 0.497 e. The first-order valence-electron chi connectivity index (χ1n) is 10.6. The number of carbonyl (C=O) groups is 1. The summed E-state index contributed by atoms with van der Waals surface area (Å²) in [6.45, 7) is 2.47. The Morgan fingerprint density at radius 3 is 2.50 bits per heavy atom. The summed E-state index contributed by atoms with van der Waals surface area (Å²) in [5, 5.41) is 7.45. The standard InChI is InChI=1S/C24H27N3O4S/c1-17-3-7-19(8-4-17)23-15-22(26-27(23)20-12-14-32(29,30)16-20)24(28)25-13-11-18-5-9-21(31-2)10-6-18/h3-10,15,20H,11-14,16H2,1-2H3,(H,25,28)/t20-/m0/s1. The van der Waals surface area contributed by atoms with Gasteiger partial charge < -0.3 is 10.1 Å². The summed E-state index contributed by atoms with van der Waals surface area (Å²) in [5.41, 5.74) is 4.17. The van der Waals surface area contributed by atoms with Gasteiger partial charge in [-0.05, 0) is 49.1 Å². The molecule has 2 heterocycles. The maximum Gasteiger partial charge on any atom is 0.271 e. The molecule has 0 unspecified atom stereocenters. The minimum atomic E-state index is -3.08. The number of methoxy groups -OCH3 is 1. The second kappa shape index (κ2) is 9.16. The predicted octanol–water partition coefficient (Wildman–Crippen LogP) is 3.20. The molecule has 0 aliphatic carbocycles. The zero-order chi connectivity index (χ0) is 22.7. The smallest absolute Gasteiger partial charge is 0.271 e. The summed E-state index contributed by atoms with van der Waals surface area (Å²) in [7, 11) is -1.46. The van der Waals surface area contributed by atoms with Crippen LogP contribution in [0.2, 0.25) is 0 Å². The second-order valence-electron chi connectivity index (χ2n) is 8.14. The van der Waals surface area contributed by atoms with Crippen LogP contribution in [-0.2, 0) is 16.3 Å². The zero-order valence-electron chi connectivity index (χ0n) is 18.2. The fraction of sp³-hybridized carbons (Fsp3) is 0.333. The molecule has 3 aromatic rings. The Hall–Kier alpha value is -3.13. The van der Waals surface area contributed by atoms with Gasteiger partial charge in [0.1, 0.15) is 5.75 Å². The van der Waals surface area contributed by atoms with E-state index in [-0.39, 0.29) is 23.5 Å². The predicted molar refractivity (Wildman–Crippen MR) is 124 cm³/mol. The van der Waals surface area contributed by atoms with Crippen molar-refractivity contribution in [3.63, 3.8) is 0 Å². The molecule has 32 heavy (non-hydrogen) atoms. The van der Waals surface area contributed by atoms with Crippen LogP contribution in [0.1, 0.15) is 34.1 Å².